The molecule has 18 heavy (non-hydrogen) atoms. The molecule has 3 N–H and O–H groups in total. The van der Waals surface area contributed by atoms with E-state index in [9.17, 15) is 10.2 Å². The Labute approximate surface area is 110 Å². The van der Waals surface area contributed by atoms with Gasteiger partial charge in [0.05, 0.1) is 6.04 Å². The second-order valence-electron chi connectivity index (χ2n) is 3.98. The summed E-state index contributed by atoms with van der Waals surface area (Å²) in [5.41, 5.74) is 1.51. The smallest absolute Gasteiger partial charge is 0.131 e. The normalized spacial score (nSPS) is 12.1. The van der Waals surface area contributed by atoms with Crippen LogP contribution in [0.5, 0.6) is 11.5 Å². The van der Waals surface area contributed by atoms with Crippen LogP contribution < -0.4 is 5.32 Å². The Morgan fingerprint density at radius 2 is 2.00 bits per heavy atom. The largest absolute Gasteiger partial charge is 0.508 e. The van der Waals surface area contributed by atoms with Crippen LogP contribution >= 0.6 is 11.6 Å². The van der Waals surface area contributed by atoms with Crippen molar-refractivity contribution in [3.63, 3.8) is 0 Å². The molecule has 1 heterocycles. The number of anilines is 1. The first-order valence-corrected chi connectivity index (χ1v) is 5.84. The van der Waals surface area contributed by atoms with E-state index in [1.54, 1.807) is 24.4 Å². The van der Waals surface area contributed by atoms with E-state index in [1.165, 1.54) is 12.1 Å². The van der Waals surface area contributed by atoms with Crippen LogP contribution in [0.1, 0.15) is 18.5 Å². The molecule has 2 aromatic rings. The SMILES string of the molecule is CC(Nc1ccnc(Cl)c1)c1ccc(O)cc1O. The number of halogens is 1. The van der Waals surface area contributed by atoms with Crippen LogP contribution in [0.25, 0.3) is 0 Å². The maximum Gasteiger partial charge on any atom is 0.131 e. The van der Waals surface area contributed by atoms with E-state index in [-0.39, 0.29) is 17.5 Å². The number of phenolic OH excluding ortho intramolecular Hbond substituents is 2. The number of hydrogen-bond acceptors (Lipinski definition) is 4. The summed E-state index contributed by atoms with van der Waals surface area (Å²) in [5, 5.41) is 22.6. The summed E-state index contributed by atoms with van der Waals surface area (Å²) in [6.07, 6.45) is 1.61. The Balaban J connectivity index is 2.19. The topological polar surface area (TPSA) is 65.4 Å². The van der Waals surface area contributed by atoms with Gasteiger partial charge in [-0.05, 0) is 31.2 Å². The molecule has 0 fully saturated rings. The van der Waals surface area contributed by atoms with Gasteiger partial charge in [0, 0.05) is 23.5 Å². The zero-order valence-electron chi connectivity index (χ0n) is 9.76. The van der Waals surface area contributed by atoms with Crippen molar-refractivity contribution in [3.05, 3.63) is 47.2 Å². The van der Waals surface area contributed by atoms with E-state index < -0.39 is 0 Å². The average Bonchev–Trinajstić information content (AvgIpc) is 2.28. The van der Waals surface area contributed by atoms with E-state index in [0.29, 0.717) is 10.7 Å². The summed E-state index contributed by atoms with van der Waals surface area (Å²) in [5.74, 6) is 0.0885. The predicted octanol–water partition coefficient (Wildman–Crippen LogP) is 3.32. The molecule has 0 aliphatic rings. The number of aromatic nitrogens is 1. The molecule has 0 saturated heterocycles. The number of hydrogen-bond donors (Lipinski definition) is 3. The highest BCUT2D eigenvalue weighted by Gasteiger charge is 2.11. The lowest BCUT2D eigenvalue weighted by atomic mass is 10.1. The molecule has 0 saturated carbocycles. The molecule has 1 aromatic heterocycles. The van der Waals surface area contributed by atoms with Gasteiger partial charge in [0.1, 0.15) is 16.7 Å². The molecule has 4 nitrogen and oxygen atoms in total. The van der Waals surface area contributed by atoms with Gasteiger partial charge in [-0.15, -0.1) is 0 Å². The van der Waals surface area contributed by atoms with Crippen LogP contribution in [0.4, 0.5) is 5.69 Å². The van der Waals surface area contributed by atoms with Crippen LogP contribution in [-0.2, 0) is 0 Å². The quantitative estimate of drug-likeness (QED) is 0.744. The number of rotatable bonds is 3. The minimum atomic E-state index is -0.121. The zero-order valence-corrected chi connectivity index (χ0v) is 10.5. The molecule has 5 heteroatoms. The Bertz CT molecular complexity index is 560. The summed E-state index contributed by atoms with van der Waals surface area (Å²) in [4.78, 5) is 3.89. The van der Waals surface area contributed by atoms with Gasteiger partial charge in [0.2, 0.25) is 0 Å². The molecular formula is C13H13ClN2O2. The second kappa shape index (κ2) is 5.14. The van der Waals surface area contributed by atoms with Gasteiger partial charge < -0.3 is 15.5 Å². The van der Waals surface area contributed by atoms with E-state index in [0.717, 1.165) is 5.69 Å². The molecule has 0 bridgehead atoms. The second-order valence-corrected chi connectivity index (χ2v) is 4.36. The van der Waals surface area contributed by atoms with Crippen LogP contribution in [0.2, 0.25) is 5.15 Å². The first kappa shape index (κ1) is 12.5. The van der Waals surface area contributed by atoms with Crippen LogP contribution in [0, 0.1) is 0 Å². The van der Waals surface area contributed by atoms with E-state index in [1.807, 2.05) is 6.92 Å². The lowest BCUT2D eigenvalue weighted by molar-refractivity contribution is 0.444. The van der Waals surface area contributed by atoms with Crippen molar-refractivity contribution in [2.45, 2.75) is 13.0 Å². The maximum atomic E-state index is 9.76. The van der Waals surface area contributed by atoms with Crippen molar-refractivity contribution >= 4 is 17.3 Å². The summed E-state index contributed by atoms with van der Waals surface area (Å²) in [6.45, 7) is 1.90. The van der Waals surface area contributed by atoms with Crippen LogP contribution in [0.3, 0.4) is 0 Å². The van der Waals surface area contributed by atoms with Gasteiger partial charge in [-0.1, -0.05) is 11.6 Å². The molecule has 94 valence electrons. The molecule has 0 aliphatic heterocycles. The van der Waals surface area contributed by atoms with Crippen molar-refractivity contribution in [2.24, 2.45) is 0 Å². The van der Waals surface area contributed by atoms with E-state index in [4.69, 9.17) is 11.6 Å². The lowest BCUT2D eigenvalue weighted by Crippen LogP contribution is -2.06. The molecule has 1 aromatic carbocycles. The first-order chi connectivity index (χ1) is 8.56. The maximum absolute atomic E-state index is 9.76. The van der Waals surface area contributed by atoms with Gasteiger partial charge in [0.15, 0.2) is 0 Å². The van der Waals surface area contributed by atoms with Crippen LogP contribution in [0.15, 0.2) is 36.5 Å². The Morgan fingerprint density at radius 3 is 2.67 bits per heavy atom. The number of phenols is 2. The fourth-order valence-corrected chi connectivity index (χ4v) is 1.89. The standard InChI is InChI=1S/C13H13ClN2O2/c1-8(11-3-2-10(17)7-12(11)18)16-9-4-5-15-13(14)6-9/h2-8,17-18H,1H3,(H,15,16). The highest BCUT2D eigenvalue weighted by molar-refractivity contribution is 6.29. The number of benzene rings is 1. The molecule has 1 atom stereocenters. The van der Waals surface area contributed by atoms with Gasteiger partial charge >= 0.3 is 0 Å². The number of pyridine rings is 1. The van der Waals surface area contributed by atoms with E-state index in [2.05, 4.69) is 10.3 Å². The summed E-state index contributed by atoms with van der Waals surface area (Å²) in [7, 11) is 0. The third-order valence-electron chi connectivity index (χ3n) is 2.59. The zero-order chi connectivity index (χ0) is 13.1. The van der Waals surface area contributed by atoms with Gasteiger partial charge in [-0.3, -0.25) is 0 Å². The average molecular weight is 265 g/mol. The summed E-state index contributed by atoms with van der Waals surface area (Å²) < 4.78 is 0. The van der Waals surface area contributed by atoms with Gasteiger partial charge in [0.25, 0.3) is 0 Å². The predicted molar refractivity (Wildman–Crippen MR) is 71.1 cm³/mol. The Kier molecular flexibility index (Phi) is 3.58. The molecule has 0 radical (unpaired) electrons. The number of aromatic hydroxyl groups is 2. The minimum absolute atomic E-state index is 0.0374. The minimum Gasteiger partial charge on any atom is -0.508 e. The van der Waals surface area contributed by atoms with Crippen molar-refractivity contribution < 1.29 is 10.2 Å². The third kappa shape index (κ3) is 2.84. The Hall–Kier alpha value is -1.94. The molecule has 2 rings (SSSR count). The lowest BCUT2D eigenvalue weighted by Gasteiger charge is -2.17. The van der Waals surface area contributed by atoms with Crippen molar-refractivity contribution in [3.8, 4) is 11.5 Å². The molecular weight excluding hydrogens is 252 g/mol. The number of nitrogens with one attached hydrogen (secondary N) is 1. The molecule has 0 amide bonds. The Morgan fingerprint density at radius 1 is 1.22 bits per heavy atom. The summed E-state index contributed by atoms with van der Waals surface area (Å²) >= 11 is 5.79. The van der Waals surface area contributed by atoms with E-state index >= 15 is 0 Å². The third-order valence-corrected chi connectivity index (χ3v) is 2.80. The van der Waals surface area contributed by atoms with Crippen molar-refractivity contribution in [1.29, 1.82) is 0 Å². The van der Waals surface area contributed by atoms with Gasteiger partial charge in [-0.25, -0.2) is 4.98 Å². The molecule has 0 spiro atoms. The fraction of sp³-hybridized carbons (Fsp3) is 0.154. The molecule has 1 unspecified atom stereocenters. The monoisotopic (exact) mass is 264 g/mol. The van der Waals surface area contributed by atoms with Crippen molar-refractivity contribution in [1.82, 2.24) is 4.98 Å². The summed E-state index contributed by atoms with van der Waals surface area (Å²) in [6, 6.07) is 7.89. The first-order valence-electron chi connectivity index (χ1n) is 5.46. The highest BCUT2D eigenvalue weighted by Crippen LogP contribution is 2.30. The van der Waals surface area contributed by atoms with Crippen molar-refractivity contribution in [2.75, 3.05) is 5.32 Å². The fourth-order valence-electron chi connectivity index (χ4n) is 1.72. The van der Waals surface area contributed by atoms with Gasteiger partial charge in [-0.2, -0.15) is 0 Å². The molecule has 0 aliphatic carbocycles. The van der Waals surface area contributed by atoms with Crippen LogP contribution in [-0.4, -0.2) is 15.2 Å². The highest BCUT2D eigenvalue weighted by atomic mass is 35.5. The number of nitrogens with zero attached hydrogens (tertiary/aromatic N) is 1.